The van der Waals surface area contributed by atoms with E-state index in [4.69, 9.17) is 4.74 Å². The predicted molar refractivity (Wildman–Crippen MR) is 91.1 cm³/mol. The van der Waals surface area contributed by atoms with Crippen LogP contribution in [0, 0.1) is 0 Å². The normalized spacial score (nSPS) is 13.2. The van der Waals surface area contributed by atoms with E-state index in [9.17, 15) is 9.59 Å². The summed E-state index contributed by atoms with van der Waals surface area (Å²) in [6.45, 7) is 0.382. The Balaban J connectivity index is 1.59. The zero-order chi connectivity index (χ0) is 16.9. The Morgan fingerprint density at radius 1 is 1.00 bits per heavy atom. The van der Waals surface area contributed by atoms with Gasteiger partial charge in [-0.1, -0.05) is 18.2 Å². The van der Waals surface area contributed by atoms with Crippen LogP contribution in [-0.2, 0) is 6.54 Å². The van der Waals surface area contributed by atoms with Gasteiger partial charge in [-0.3, -0.25) is 9.59 Å². The van der Waals surface area contributed by atoms with E-state index in [0.29, 0.717) is 23.7 Å². The highest BCUT2D eigenvalue weighted by Crippen LogP contribution is 2.19. The summed E-state index contributed by atoms with van der Waals surface area (Å²) in [7, 11) is 1.60. The molecule has 3 rings (SSSR count). The lowest BCUT2D eigenvalue weighted by Crippen LogP contribution is -2.26. The number of carbonyl (C=O) groups excluding carboxylic acids is 2. The summed E-state index contributed by atoms with van der Waals surface area (Å²) in [5.74, 6) is 0.471. The van der Waals surface area contributed by atoms with Gasteiger partial charge < -0.3 is 15.4 Å². The van der Waals surface area contributed by atoms with Crippen LogP contribution in [0.3, 0.4) is 0 Å². The summed E-state index contributed by atoms with van der Waals surface area (Å²) in [6.07, 6.45) is 2.10. The number of ether oxygens (including phenoxy) is 1. The average Bonchev–Trinajstić information content (AvgIpc) is 3.44. The van der Waals surface area contributed by atoms with E-state index >= 15 is 0 Å². The number of hydrogen-bond donors (Lipinski definition) is 2. The first kappa shape index (κ1) is 16.1. The molecule has 5 heteroatoms. The molecule has 124 valence electrons. The first-order valence-corrected chi connectivity index (χ1v) is 7.98. The van der Waals surface area contributed by atoms with Crippen molar-refractivity contribution in [1.29, 1.82) is 0 Å². The lowest BCUT2D eigenvalue weighted by atomic mass is 10.1. The molecule has 2 N–H and O–H groups in total. The molecule has 2 amide bonds. The lowest BCUT2D eigenvalue weighted by molar-refractivity contribution is 0.0939. The van der Waals surface area contributed by atoms with Crippen LogP contribution in [0.25, 0.3) is 0 Å². The highest BCUT2D eigenvalue weighted by Gasteiger charge is 2.23. The van der Waals surface area contributed by atoms with Crippen molar-refractivity contribution in [3.05, 3.63) is 65.2 Å². The van der Waals surface area contributed by atoms with Crippen molar-refractivity contribution in [3.63, 3.8) is 0 Å². The Labute approximate surface area is 141 Å². The largest absolute Gasteiger partial charge is 0.496 e. The van der Waals surface area contributed by atoms with Gasteiger partial charge in [0.25, 0.3) is 11.8 Å². The molecular weight excluding hydrogens is 304 g/mol. The third-order valence-corrected chi connectivity index (χ3v) is 3.95. The van der Waals surface area contributed by atoms with Gasteiger partial charge in [-0.25, -0.2) is 0 Å². The molecular formula is C19H20N2O3. The summed E-state index contributed by atoms with van der Waals surface area (Å²) in [6, 6.07) is 14.6. The minimum atomic E-state index is -0.185. The zero-order valence-corrected chi connectivity index (χ0v) is 13.5. The maximum absolute atomic E-state index is 12.2. The summed E-state index contributed by atoms with van der Waals surface area (Å²) >= 11 is 0. The first-order valence-electron chi connectivity index (χ1n) is 7.98. The second-order valence-corrected chi connectivity index (χ2v) is 5.82. The average molecular weight is 324 g/mol. The van der Waals surface area contributed by atoms with Crippen LogP contribution in [0.5, 0.6) is 5.75 Å². The predicted octanol–water partition coefficient (Wildman–Crippen LogP) is 2.52. The number of carbonyl (C=O) groups is 2. The minimum Gasteiger partial charge on any atom is -0.496 e. The standard InChI is InChI=1S/C19H20N2O3/c1-24-17-5-3-2-4-15(17)12-20-18(22)13-6-8-14(9-7-13)19(23)21-16-10-11-16/h2-9,16H,10-12H2,1H3,(H,20,22)(H,21,23). The van der Waals surface area contributed by atoms with E-state index in [1.165, 1.54) is 0 Å². The van der Waals surface area contributed by atoms with Crippen molar-refractivity contribution < 1.29 is 14.3 Å². The van der Waals surface area contributed by atoms with Gasteiger partial charge in [-0.2, -0.15) is 0 Å². The van der Waals surface area contributed by atoms with Gasteiger partial charge in [0.1, 0.15) is 5.75 Å². The Morgan fingerprint density at radius 2 is 1.62 bits per heavy atom. The molecule has 0 radical (unpaired) electrons. The number of methoxy groups -OCH3 is 1. The van der Waals surface area contributed by atoms with E-state index in [1.807, 2.05) is 24.3 Å². The van der Waals surface area contributed by atoms with Crippen molar-refractivity contribution in [3.8, 4) is 5.75 Å². The molecule has 0 saturated heterocycles. The smallest absolute Gasteiger partial charge is 0.251 e. The van der Waals surface area contributed by atoms with E-state index in [1.54, 1.807) is 31.4 Å². The molecule has 0 aromatic heterocycles. The molecule has 0 heterocycles. The monoisotopic (exact) mass is 324 g/mol. The molecule has 1 fully saturated rings. The molecule has 0 aliphatic heterocycles. The number of para-hydroxylation sites is 1. The van der Waals surface area contributed by atoms with E-state index in [2.05, 4.69) is 10.6 Å². The molecule has 0 atom stereocenters. The van der Waals surface area contributed by atoms with Gasteiger partial charge in [0, 0.05) is 29.3 Å². The van der Waals surface area contributed by atoms with E-state index in [-0.39, 0.29) is 11.8 Å². The molecule has 1 aliphatic carbocycles. The highest BCUT2D eigenvalue weighted by atomic mass is 16.5. The summed E-state index contributed by atoms with van der Waals surface area (Å²) in [5.41, 5.74) is 2.00. The van der Waals surface area contributed by atoms with Crippen molar-refractivity contribution in [2.75, 3.05) is 7.11 Å². The van der Waals surface area contributed by atoms with Crippen LogP contribution < -0.4 is 15.4 Å². The minimum absolute atomic E-state index is 0.0847. The van der Waals surface area contributed by atoms with Crippen molar-refractivity contribution in [2.24, 2.45) is 0 Å². The van der Waals surface area contributed by atoms with Gasteiger partial charge in [0.2, 0.25) is 0 Å². The number of nitrogens with one attached hydrogen (secondary N) is 2. The van der Waals surface area contributed by atoms with Crippen LogP contribution in [0.2, 0.25) is 0 Å². The maximum atomic E-state index is 12.2. The Kier molecular flexibility index (Phi) is 4.79. The molecule has 5 nitrogen and oxygen atoms in total. The number of hydrogen-bond acceptors (Lipinski definition) is 3. The van der Waals surface area contributed by atoms with Crippen molar-refractivity contribution in [1.82, 2.24) is 10.6 Å². The van der Waals surface area contributed by atoms with E-state index < -0.39 is 0 Å². The van der Waals surface area contributed by atoms with Gasteiger partial charge in [0.15, 0.2) is 0 Å². The molecule has 1 saturated carbocycles. The molecule has 24 heavy (non-hydrogen) atoms. The second kappa shape index (κ2) is 7.17. The summed E-state index contributed by atoms with van der Waals surface area (Å²) in [5, 5.41) is 5.79. The zero-order valence-electron chi connectivity index (χ0n) is 13.5. The quantitative estimate of drug-likeness (QED) is 0.858. The SMILES string of the molecule is COc1ccccc1CNC(=O)c1ccc(C(=O)NC2CC2)cc1. The van der Waals surface area contributed by atoms with Gasteiger partial charge in [0.05, 0.1) is 7.11 Å². The van der Waals surface area contributed by atoms with E-state index in [0.717, 1.165) is 24.2 Å². The fraction of sp³-hybridized carbons (Fsp3) is 0.263. The fourth-order valence-corrected chi connectivity index (χ4v) is 2.40. The molecule has 2 aromatic rings. The van der Waals surface area contributed by atoms with Crippen LogP contribution in [0.1, 0.15) is 39.1 Å². The maximum Gasteiger partial charge on any atom is 0.251 e. The van der Waals surface area contributed by atoms with Gasteiger partial charge >= 0.3 is 0 Å². The Morgan fingerprint density at radius 3 is 2.25 bits per heavy atom. The summed E-state index contributed by atoms with van der Waals surface area (Å²) < 4.78 is 5.27. The van der Waals surface area contributed by atoms with Crippen molar-refractivity contribution >= 4 is 11.8 Å². The van der Waals surface area contributed by atoms with Crippen LogP contribution in [0.4, 0.5) is 0 Å². The topological polar surface area (TPSA) is 67.4 Å². The third kappa shape index (κ3) is 3.93. The lowest BCUT2D eigenvalue weighted by Gasteiger charge is -2.10. The van der Waals surface area contributed by atoms with Gasteiger partial charge in [-0.05, 0) is 43.2 Å². The Bertz CT molecular complexity index is 737. The number of benzene rings is 2. The molecule has 0 spiro atoms. The Hall–Kier alpha value is -2.82. The molecule has 2 aromatic carbocycles. The fourth-order valence-electron chi connectivity index (χ4n) is 2.40. The molecule has 0 bridgehead atoms. The van der Waals surface area contributed by atoms with Crippen LogP contribution in [0.15, 0.2) is 48.5 Å². The van der Waals surface area contributed by atoms with Crippen LogP contribution in [-0.4, -0.2) is 25.0 Å². The number of rotatable bonds is 6. The van der Waals surface area contributed by atoms with Crippen molar-refractivity contribution in [2.45, 2.75) is 25.4 Å². The third-order valence-electron chi connectivity index (χ3n) is 3.95. The van der Waals surface area contributed by atoms with Gasteiger partial charge in [-0.15, -0.1) is 0 Å². The number of amides is 2. The second-order valence-electron chi connectivity index (χ2n) is 5.82. The van der Waals surface area contributed by atoms with Crippen LogP contribution >= 0.6 is 0 Å². The highest BCUT2D eigenvalue weighted by molar-refractivity contribution is 5.98. The molecule has 1 aliphatic rings. The summed E-state index contributed by atoms with van der Waals surface area (Å²) in [4.78, 5) is 24.2. The first-order chi connectivity index (χ1) is 11.7. The molecule has 0 unspecified atom stereocenters.